The summed E-state index contributed by atoms with van der Waals surface area (Å²) in [5, 5.41) is 5.35. The van der Waals surface area contributed by atoms with Gasteiger partial charge in [0.25, 0.3) is 0 Å². The summed E-state index contributed by atoms with van der Waals surface area (Å²) in [6.07, 6.45) is -0.116. The molecule has 1 unspecified atom stereocenters. The van der Waals surface area contributed by atoms with Gasteiger partial charge in [-0.15, -0.1) is 0 Å². The lowest BCUT2D eigenvalue weighted by Crippen LogP contribution is -2.30. The first kappa shape index (κ1) is 23.4. The Morgan fingerprint density at radius 2 is 1.55 bits per heavy atom. The maximum Gasteiger partial charge on any atom is 0.339 e. The zero-order chi connectivity index (χ0) is 23.0. The number of methoxy groups -OCH3 is 3. The number of hydrogen-bond donors (Lipinski definition) is 2. The van der Waals surface area contributed by atoms with E-state index in [9.17, 15) is 19.2 Å². The minimum atomic E-state index is -0.680. The second kappa shape index (κ2) is 10.8. The van der Waals surface area contributed by atoms with Crippen LogP contribution in [0.2, 0.25) is 0 Å². The molecule has 0 aliphatic rings. The molecule has 0 aliphatic heterocycles. The normalized spacial score (nSPS) is 11.1. The summed E-state index contributed by atoms with van der Waals surface area (Å²) < 4.78 is 14.5. The molecule has 0 heterocycles. The highest BCUT2D eigenvalue weighted by atomic mass is 16.5. The van der Waals surface area contributed by atoms with Crippen LogP contribution in [0.1, 0.15) is 45.7 Å². The van der Waals surface area contributed by atoms with Gasteiger partial charge in [-0.1, -0.05) is 12.1 Å². The first-order valence-corrected chi connectivity index (χ1v) is 9.30. The minimum absolute atomic E-state index is 0.0732. The summed E-state index contributed by atoms with van der Waals surface area (Å²) >= 11 is 0. The Morgan fingerprint density at radius 3 is 2.10 bits per heavy atom. The molecule has 2 N–H and O–H groups in total. The molecule has 0 bridgehead atoms. The van der Waals surface area contributed by atoms with E-state index in [4.69, 9.17) is 9.47 Å². The molecule has 0 saturated carbocycles. The summed E-state index contributed by atoms with van der Waals surface area (Å²) in [6.45, 7) is 1.35. The molecule has 0 radical (unpaired) electrons. The van der Waals surface area contributed by atoms with Gasteiger partial charge in [-0.25, -0.2) is 9.59 Å². The minimum Gasteiger partial charge on any atom is -0.497 e. The van der Waals surface area contributed by atoms with E-state index >= 15 is 0 Å². The molecule has 2 aromatic rings. The van der Waals surface area contributed by atoms with Gasteiger partial charge in [-0.3, -0.25) is 9.59 Å². The molecule has 2 rings (SSSR count). The van der Waals surface area contributed by atoms with Crippen molar-refractivity contribution < 1.29 is 33.4 Å². The van der Waals surface area contributed by atoms with Gasteiger partial charge in [0, 0.05) is 6.92 Å². The van der Waals surface area contributed by atoms with Crippen LogP contribution in [0.15, 0.2) is 42.5 Å². The molecule has 1 atom stereocenters. The first-order chi connectivity index (χ1) is 14.8. The number of rotatable bonds is 8. The van der Waals surface area contributed by atoms with Crippen molar-refractivity contribution in [3.8, 4) is 5.75 Å². The molecule has 2 amide bonds. The molecule has 164 valence electrons. The summed E-state index contributed by atoms with van der Waals surface area (Å²) in [4.78, 5) is 48.3. The number of esters is 2. The fourth-order valence-corrected chi connectivity index (χ4v) is 2.90. The van der Waals surface area contributed by atoms with Gasteiger partial charge >= 0.3 is 11.9 Å². The average Bonchev–Trinajstić information content (AvgIpc) is 2.77. The predicted octanol–water partition coefficient (Wildman–Crippen LogP) is 2.47. The zero-order valence-corrected chi connectivity index (χ0v) is 17.7. The van der Waals surface area contributed by atoms with Crippen molar-refractivity contribution in [1.82, 2.24) is 5.32 Å². The number of ether oxygens (including phenoxy) is 3. The van der Waals surface area contributed by atoms with Crippen molar-refractivity contribution in [3.63, 3.8) is 0 Å². The fraction of sp³-hybridized carbons (Fsp3) is 0.273. The molecule has 31 heavy (non-hydrogen) atoms. The number of nitrogens with one attached hydrogen (secondary N) is 2. The van der Waals surface area contributed by atoms with Gasteiger partial charge < -0.3 is 24.8 Å². The maximum absolute atomic E-state index is 12.8. The molecule has 0 aliphatic carbocycles. The Balaban J connectivity index is 2.28. The van der Waals surface area contributed by atoms with Crippen LogP contribution in [-0.2, 0) is 19.1 Å². The Labute approximate surface area is 179 Å². The Bertz CT molecular complexity index is 970. The lowest BCUT2D eigenvalue weighted by molar-refractivity contribution is -0.120. The SMILES string of the molecule is COC(=O)c1ccc(C(=O)OC)c(NC(=O)CC(NC(C)=O)c2ccc(OC)cc2)c1. The van der Waals surface area contributed by atoms with E-state index in [-0.39, 0.29) is 29.1 Å². The molecular weight excluding hydrogens is 404 g/mol. The largest absolute Gasteiger partial charge is 0.497 e. The topological polar surface area (TPSA) is 120 Å². The van der Waals surface area contributed by atoms with Crippen LogP contribution < -0.4 is 15.4 Å². The molecule has 2 aromatic carbocycles. The van der Waals surface area contributed by atoms with E-state index < -0.39 is 23.9 Å². The average molecular weight is 428 g/mol. The standard InChI is InChI=1S/C22H24N2O7/c1-13(25)23-18(14-5-8-16(29-2)9-6-14)12-20(26)24-19-11-15(21(27)30-3)7-10-17(19)22(28)31-4/h5-11,18H,12H2,1-4H3,(H,23,25)(H,24,26). The van der Waals surface area contributed by atoms with E-state index in [1.54, 1.807) is 24.3 Å². The number of anilines is 1. The third-order valence-electron chi connectivity index (χ3n) is 4.41. The van der Waals surface area contributed by atoms with Crippen LogP contribution in [0.25, 0.3) is 0 Å². The summed E-state index contributed by atoms with van der Waals surface area (Å²) in [5.74, 6) is -1.46. The Kier molecular flexibility index (Phi) is 8.13. The van der Waals surface area contributed by atoms with Gasteiger partial charge in [0.05, 0.1) is 50.6 Å². The number of carbonyl (C=O) groups is 4. The smallest absolute Gasteiger partial charge is 0.339 e. The molecule has 0 spiro atoms. The highest BCUT2D eigenvalue weighted by molar-refractivity contribution is 6.03. The van der Waals surface area contributed by atoms with Crippen LogP contribution in [0.5, 0.6) is 5.75 Å². The lowest BCUT2D eigenvalue weighted by atomic mass is 10.0. The van der Waals surface area contributed by atoms with Gasteiger partial charge in [0.1, 0.15) is 5.75 Å². The zero-order valence-electron chi connectivity index (χ0n) is 17.7. The molecule has 0 saturated heterocycles. The molecule has 9 nitrogen and oxygen atoms in total. The third-order valence-corrected chi connectivity index (χ3v) is 4.41. The maximum atomic E-state index is 12.8. The fourth-order valence-electron chi connectivity index (χ4n) is 2.90. The van der Waals surface area contributed by atoms with E-state index in [0.29, 0.717) is 11.3 Å². The Hall–Kier alpha value is -3.88. The van der Waals surface area contributed by atoms with Crippen LogP contribution in [0.4, 0.5) is 5.69 Å². The van der Waals surface area contributed by atoms with Crippen molar-refractivity contribution in [2.75, 3.05) is 26.6 Å². The molecule has 0 aromatic heterocycles. The monoisotopic (exact) mass is 428 g/mol. The number of hydrogen-bond acceptors (Lipinski definition) is 7. The predicted molar refractivity (Wildman–Crippen MR) is 112 cm³/mol. The summed E-state index contributed by atoms with van der Waals surface area (Å²) in [6, 6.07) is 10.4. The van der Waals surface area contributed by atoms with Crippen molar-refractivity contribution in [2.45, 2.75) is 19.4 Å². The van der Waals surface area contributed by atoms with Gasteiger partial charge in [-0.05, 0) is 35.9 Å². The van der Waals surface area contributed by atoms with Crippen LogP contribution >= 0.6 is 0 Å². The Morgan fingerprint density at radius 1 is 0.903 bits per heavy atom. The van der Waals surface area contributed by atoms with Crippen molar-refractivity contribution in [1.29, 1.82) is 0 Å². The van der Waals surface area contributed by atoms with E-state index in [1.165, 1.54) is 46.5 Å². The van der Waals surface area contributed by atoms with Crippen molar-refractivity contribution >= 4 is 29.4 Å². The third kappa shape index (κ3) is 6.30. The van der Waals surface area contributed by atoms with Crippen molar-refractivity contribution in [2.24, 2.45) is 0 Å². The number of benzene rings is 2. The highest BCUT2D eigenvalue weighted by Crippen LogP contribution is 2.23. The second-order valence-electron chi connectivity index (χ2n) is 6.52. The van der Waals surface area contributed by atoms with Crippen molar-refractivity contribution in [3.05, 3.63) is 59.2 Å². The highest BCUT2D eigenvalue weighted by Gasteiger charge is 2.21. The first-order valence-electron chi connectivity index (χ1n) is 9.30. The lowest BCUT2D eigenvalue weighted by Gasteiger charge is -2.19. The summed E-state index contributed by atoms with van der Waals surface area (Å²) in [5.41, 5.74) is 1.02. The molecule has 9 heteroatoms. The van der Waals surface area contributed by atoms with E-state index in [0.717, 1.165) is 0 Å². The summed E-state index contributed by atoms with van der Waals surface area (Å²) in [7, 11) is 3.97. The van der Waals surface area contributed by atoms with Crippen LogP contribution in [-0.4, -0.2) is 45.1 Å². The van der Waals surface area contributed by atoms with Crippen LogP contribution in [0, 0.1) is 0 Å². The van der Waals surface area contributed by atoms with Crippen LogP contribution in [0.3, 0.4) is 0 Å². The second-order valence-corrected chi connectivity index (χ2v) is 6.52. The molecular formula is C22H24N2O7. The molecule has 0 fully saturated rings. The van der Waals surface area contributed by atoms with Gasteiger partial charge in [-0.2, -0.15) is 0 Å². The van der Waals surface area contributed by atoms with E-state index in [2.05, 4.69) is 15.4 Å². The van der Waals surface area contributed by atoms with E-state index in [1.807, 2.05) is 0 Å². The number of amides is 2. The number of carbonyl (C=O) groups excluding carboxylic acids is 4. The van der Waals surface area contributed by atoms with Gasteiger partial charge in [0.2, 0.25) is 11.8 Å². The van der Waals surface area contributed by atoms with Gasteiger partial charge in [0.15, 0.2) is 0 Å². The quantitative estimate of drug-likeness (QED) is 0.620.